The van der Waals surface area contributed by atoms with Crippen molar-refractivity contribution in [1.29, 1.82) is 0 Å². The molecule has 0 unspecified atom stereocenters. The third kappa shape index (κ3) is 9.07. The van der Waals surface area contributed by atoms with Gasteiger partial charge in [-0.3, -0.25) is 0 Å². The van der Waals surface area contributed by atoms with Gasteiger partial charge in [-0.2, -0.15) is 0 Å². The lowest BCUT2D eigenvalue weighted by molar-refractivity contribution is 1.12. The van der Waals surface area contributed by atoms with Gasteiger partial charge in [-0.05, 0) is 145 Å². The molecule has 0 radical (unpaired) electrons. The van der Waals surface area contributed by atoms with Gasteiger partial charge in [0.1, 0.15) is 0 Å². The van der Waals surface area contributed by atoms with Gasteiger partial charge in [0, 0.05) is 77.9 Å². The van der Waals surface area contributed by atoms with E-state index in [9.17, 15) is 27.4 Å². The minimum Gasteiger partial charge on any atom is -0.310 e. The van der Waals surface area contributed by atoms with Crippen LogP contribution in [0, 0.1) is 0 Å². The fourth-order valence-electron chi connectivity index (χ4n) is 13.9. The topological polar surface area (TPSA) is 16.3 Å². The molecule has 454 valence electrons. The van der Waals surface area contributed by atoms with E-state index in [2.05, 4.69) is 0 Å². The van der Waals surface area contributed by atoms with Gasteiger partial charge >= 0.3 is 0 Å². The summed E-state index contributed by atoms with van der Waals surface area (Å²) in [7, 11) is 0. The van der Waals surface area contributed by atoms with Crippen molar-refractivity contribution in [3.63, 3.8) is 0 Å². The number of benzene rings is 15. The molecule has 0 N–H and O–H groups in total. The normalized spacial score (nSPS) is 16.7. The summed E-state index contributed by atoms with van der Waals surface area (Å²) in [6, 6.07) is 25.9. The minimum absolute atomic E-state index is 0.198. The number of aromatic nitrogens is 2. The fourth-order valence-corrected chi connectivity index (χ4v) is 13.9. The first kappa shape index (κ1) is 33.6. The fraction of sp³-hybridized carbons (Fsp3) is 0.0217. The molecule has 17 aromatic rings. The quantitative estimate of drug-likeness (QED) is 0.120. The van der Waals surface area contributed by atoms with Crippen molar-refractivity contribution in [2.24, 2.45) is 0 Å². The van der Waals surface area contributed by atoms with E-state index in [-0.39, 0.29) is 45.6 Å². The van der Waals surface area contributed by atoms with Crippen molar-refractivity contribution >= 4 is 101 Å². The van der Waals surface area contributed by atoms with E-state index in [0.717, 1.165) is 9.13 Å². The molecule has 2 aliphatic heterocycles. The molecule has 0 amide bonds. The second-order valence-corrected chi connectivity index (χ2v) is 23.4. The minimum atomic E-state index is -1.74. The molecule has 2 aromatic heterocycles. The Morgan fingerprint density at radius 2 is 0.660 bits per heavy atom. The molecule has 4 nitrogen and oxygen atoms in total. The van der Waals surface area contributed by atoms with E-state index >= 15 is 0 Å². The summed E-state index contributed by atoms with van der Waals surface area (Å²) in [5.74, 6) is 0. The zero-order valence-electron chi connectivity index (χ0n) is 81.2. The predicted octanol–water partition coefficient (Wildman–Crippen LogP) is 22.5. The summed E-state index contributed by atoms with van der Waals surface area (Å²) >= 11 is 0. The molecule has 0 bridgehead atoms. The van der Waals surface area contributed by atoms with E-state index in [4.69, 9.17) is 13.7 Å². The maximum absolute atomic E-state index is 11.7. The summed E-state index contributed by atoms with van der Waals surface area (Å²) in [4.78, 5) is 3.51. The van der Waals surface area contributed by atoms with E-state index in [1.807, 2.05) is 177 Å². The van der Waals surface area contributed by atoms with Gasteiger partial charge in [-0.15, -0.1) is 0 Å². The first-order valence-electron chi connectivity index (χ1n) is 46.4. The van der Waals surface area contributed by atoms with Gasteiger partial charge < -0.3 is 18.9 Å². The summed E-state index contributed by atoms with van der Waals surface area (Å²) in [5, 5.41) is -2.12. The molecule has 0 atom stereocenters. The second kappa shape index (κ2) is 22.9. The molecule has 0 fully saturated rings. The number of rotatable bonds is 11. The van der Waals surface area contributed by atoms with Crippen LogP contribution in [-0.2, 0) is 6.42 Å². The molecule has 5 heteroatoms. The Hall–Kier alpha value is -12.4. The van der Waals surface area contributed by atoms with Crippen LogP contribution in [0.2, 0.25) is 0 Å². The number of fused-ring (bicyclic) bond motifs is 10. The number of aryl methyl sites for hydroxylation is 1. The van der Waals surface area contributed by atoms with Gasteiger partial charge in [0.25, 0.3) is 6.71 Å². The Kier molecular flexibility index (Phi) is 7.95. The molecular weight excluding hydrogens is 1170 g/mol. The zero-order chi connectivity index (χ0) is 90.2. The van der Waals surface area contributed by atoms with Crippen LogP contribution in [-0.4, -0.2) is 15.8 Å². The largest absolute Gasteiger partial charge is 0.310 e. The highest BCUT2D eigenvalue weighted by Crippen LogP contribution is 2.54. The zero-order valence-corrected chi connectivity index (χ0v) is 51.2. The van der Waals surface area contributed by atoms with Crippen LogP contribution in [0.5, 0.6) is 0 Å². The number of anilines is 6. The van der Waals surface area contributed by atoms with Crippen LogP contribution >= 0.6 is 0 Å². The Balaban J connectivity index is 1.04. The Morgan fingerprint density at radius 1 is 0.299 bits per heavy atom. The number of hydrogen-bond donors (Lipinski definition) is 0. The number of nitrogens with zero attached hydrogens (tertiary/aromatic N) is 4. The molecule has 97 heavy (non-hydrogen) atoms. The van der Waals surface area contributed by atoms with Crippen LogP contribution in [0.25, 0.3) is 122 Å². The van der Waals surface area contributed by atoms with Gasteiger partial charge in [0.05, 0.1) is 74.6 Å². The highest BCUT2D eigenvalue weighted by atomic mass is 15.2. The smallest absolute Gasteiger partial charge is 0.252 e. The van der Waals surface area contributed by atoms with Crippen molar-refractivity contribution in [3.8, 4) is 78.1 Å². The molecule has 15 aromatic carbocycles. The van der Waals surface area contributed by atoms with Crippen LogP contribution in [0.3, 0.4) is 0 Å². The lowest BCUT2D eigenvalue weighted by atomic mass is 9.33. The lowest BCUT2D eigenvalue weighted by Crippen LogP contribution is -2.61. The summed E-state index contributed by atoms with van der Waals surface area (Å²) in [6.07, 6.45) is 0.198. The van der Waals surface area contributed by atoms with Crippen molar-refractivity contribution in [3.05, 3.63) is 357 Å². The standard InChI is InChI=1S/C92H63BN4/c1-2-61-55-88-90-89(56-61)97(92-74(66-35-17-7-18-36-66)43-26-44-75(92)67-37-19-8-20-38-67)87-60-71(95-83-46-24-22-40-77(83)79-58-69(48-54-85(79)95)63-29-11-4-12-30-63)50-52-81(87)93(90)80-51-49-70(94-82-45-23-21-39-76(82)78-57-68(47-53-84(78)94)62-27-9-3-10-28-62)59-86(80)96(88)91-72(64-31-13-5-14-32-64)41-25-42-73(91)65-33-15-6-16-34-65/h3-60H,2H2,1H3/i3D,4D,9D,10D,11D,12D,21D,22D,23D,24D,27D,28D,29D,30D,39D,40D,45D,46D,47D,48D,49D,50D,51D,52D,53D,54D,57D,58D,59D,60D. The van der Waals surface area contributed by atoms with E-state index in [1.165, 1.54) is 0 Å². The van der Waals surface area contributed by atoms with Crippen LogP contribution < -0.4 is 26.2 Å². The lowest BCUT2D eigenvalue weighted by Gasteiger charge is -2.46. The first-order chi connectivity index (χ1) is 60.6. The third-order valence-electron chi connectivity index (χ3n) is 18.1. The van der Waals surface area contributed by atoms with Gasteiger partial charge in [-0.25, -0.2) is 0 Å². The molecule has 19 rings (SSSR count). The summed E-state index contributed by atoms with van der Waals surface area (Å²) in [5.41, 5.74) is -1.35. The van der Waals surface area contributed by atoms with Gasteiger partial charge in [-0.1, -0.05) is 285 Å². The van der Waals surface area contributed by atoms with Gasteiger partial charge in [0.15, 0.2) is 0 Å². The third-order valence-corrected chi connectivity index (χ3v) is 18.1. The van der Waals surface area contributed by atoms with Crippen LogP contribution in [0.1, 0.15) is 53.6 Å². The summed E-state index contributed by atoms with van der Waals surface area (Å²) in [6.45, 7) is 0.146. The SMILES string of the molecule is [2H]c1c([2H])c([2H])c(-c2c([2H])c([2H])c3c(c2[2H])c2c([2H])c([2H])c([2H])c([2H])c2n3-c2c([2H])c([2H])c3c(c2[2H])N(c2c(-c4ccccc4)cccc2-c2ccccc2)c2cc(CC)cc4c2B3c2c([2H])c([2H])c(-n3c5c([2H])c([2H])c([2H])c([2H])c5c5c([2H])c(-c6c([2H])c([2H])c([2H])c([2H])c6[2H])c([2H])c([2H])c53)c([2H])c2N4c2c(-c3ccccc3)cccc2-c2ccccc2)c([2H])c1[2H]. The maximum atomic E-state index is 11.7. The molecule has 0 saturated carbocycles. The predicted molar refractivity (Wildman–Crippen MR) is 411 cm³/mol. The van der Waals surface area contributed by atoms with Crippen LogP contribution in [0.4, 0.5) is 34.1 Å². The monoisotopic (exact) mass is 1260 g/mol. The van der Waals surface area contributed by atoms with Gasteiger partial charge in [0.2, 0.25) is 0 Å². The Labute approximate surface area is 607 Å². The van der Waals surface area contributed by atoms with Crippen molar-refractivity contribution in [2.75, 3.05) is 9.80 Å². The highest BCUT2D eigenvalue weighted by molar-refractivity contribution is 7.00. The molecule has 0 aliphatic carbocycles. The molecule has 0 saturated heterocycles. The summed E-state index contributed by atoms with van der Waals surface area (Å²) < 4.78 is 296. The van der Waals surface area contributed by atoms with Crippen molar-refractivity contribution < 1.29 is 41.1 Å². The molecular formula is C92H63BN4. The Bertz CT molecular complexity index is 7200. The van der Waals surface area contributed by atoms with E-state index in [0.29, 0.717) is 61.4 Å². The maximum Gasteiger partial charge on any atom is 0.252 e. The average molecular weight is 1270 g/mol. The molecule has 4 heterocycles. The van der Waals surface area contributed by atoms with Crippen LogP contribution in [0.15, 0.2) is 351 Å². The molecule has 0 spiro atoms. The second-order valence-electron chi connectivity index (χ2n) is 23.4. The number of hydrogen-bond acceptors (Lipinski definition) is 2. The number of para-hydroxylation sites is 4. The van der Waals surface area contributed by atoms with E-state index < -0.39 is 265 Å². The van der Waals surface area contributed by atoms with Crippen molar-refractivity contribution in [1.82, 2.24) is 9.13 Å². The van der Waals surface area contributed by atoms with Crippen molar-refractivity contribution in [2.45, 2.75) is 13.3 Å². The first-order valence-corrected chi connectivity index (χ1v) is 31.4. The Morgan fingerprint density at radius 3 is 1.04 bits per heavy atom. The highest BCUT2D eigenvalue weighted by Gasteiger charge is 2.46. The average Bonchev–Trinajstić information content (AvgIpc) is 1.66. The molecule has 2 aliphatic rings. The van der Waals surface area contributed by atoms with E-state index in [1.54, 1.807) is 9.80 Å².